The van der Waals surface area contributed by atoms with E-state index >= 15 is 0 Å². The molecule has 0 radical (unpaired) electrons. The molecule has 0 rings (SSSR count). The van der Waals surface area contributed by atoms with E-state index in [4.69, 9.17) is 37.0 Å². The molecule has 2 unspecified atom stereocenters. The molecule has 0 spiro atoms. The number of hydrogen-bond acceptors (Lipinski definition) is 15. The fraction of sp³-hybridized carbons (Fsp3) is 0.886. The summed E-state index contributed by atoms with van der Waals surface area (Å²) in [5.74, 6) is -2.16. The number of aliphatic hydroxyl groups is 1. The Kier molecular flexibility index (Phi) is 62.5. The second-order valence-corrected chi connectivity index (χ2v) is 27.5. The van der Waals surface area contributed by atoms with Gasteiger partial charge in [-0.1, -0.05) is 290 Å². The minimum absolute atomic E-state index is 0.102. The SMILES string of the molecule is CCCCCC/C=C\C=C/CCCCCCCC(=O)OC[C@H](COP(=O)(O)OC[C@@H](O)COP(=O)(O)OC[C@@H](COC(=O)CCCCCCCCC)OC(=O)CCCCCCCCCCC)OC(=O)CCCCCCCCCCCCCCCCCCCC. The van der Waals surface area contributed by atoms with E-state index in [2.05, 4.69) is 52.0 Å². The van der Waals surface area contributed by atoms with E-state index in [9.17, 15) is 43.2 Å². The lowest BCUT2D eigenvalue weighted by Gasteiger charge is -2.21. The molecule has 89 heavy (non-hydrogen) atoms. The van der Waals surface area contributed by atoms with Crippen LogP contribution in [0.15, 0.2) is 24.3 Å². The van der Waals surface area contributed by atoms with Crippen LogP contribution in [-0.4, -0.2) is 96.7 Å². The van der Waals surface area contributed by atoms with Crippen LogP contribution in [0.2, 0.25) is 0 Å². The van der Waals surface area contributed by atoms with Crippen molar-refractivity contribution in [2.45, 2.75) is 361 Å². The molecule has 0 heterocycles. The van der Waals surface area contributed by atoms with Gasteiger partial charge in [0.05, 0.1) is 26.4 Å². The molecule has 0 aromatic heterocycles. The van der Waals surface area contributed by atoms with Gasteiger partial charge in [-0.15, -0.1) is 0 Å². The van der Waals surface area contributed by atoms with Gasteiger partial charge in [0, 0.05) is 25.7 Å². The zero-order valence-electron chi connectivity index (χ0n) is 56.9. The summed E-state index contributed by atoms with van der Waals surface area (Å²) in [5, 5.41) is 10.6. The van der Waals surface area contributed by atoms with Gasteiger partial charge in [-0.2, -0.15) is 0 Å². The second kappa shape index (κ2) is 64.3. The Hall–Kier alpha value is -2.46. The average molecular weight is 1310 g/mol. The normalized spacial score (nSPS) is 14.2. The maximum atomic E-state index is 13.0. The van der Waals surface area contributed by atoms with E-state index < -0.39 is 97.5 Å². The lowest BCUT2D eigenvalue weighted by atomic mass is 10.0. The third kappa shape index (κ3) is 64.1. The summed E-state index contributed by atoms with van der Waals surface area (Å²) >= 11 is 0. The Morgan fingerprint density at radius 2 is 0.539 bits per heavy atom. The van der Waals surface area contributed by atoms with Crippen LogP contribution in [0.3, 0.4) is 0 Å². The number of ether oxygens (including phenoxy) is 4. The van der Waals surface area contributed by atoms with Crippen molar-refractivity contribution in [1.29, 1.82) is 0 Å². The highest BCUT2D eigenvalue weighted by molar-refractivity contribution is 7.47. The quantitative estimate of drug-likeness (QED) is 0.0169. The van der Waals surface area contributed by atoms with Crippen molar-refractivity contribution in [1.82, 2.24) is 0 Å². The summed E-state index contributed by atoms with van der Waals surface area (Å²) in [7, 11) is -9.90. The van der Waals surface area contributed by atoms with Crippen LogP contribution in [0.1, 0.15) is 342 Å². The van der Waals surface area contributed by atoms with Gasteiger partial charge in [0.15, 0.2) is 12.2 Å². The number of aliphatic hydroxyl groups excluding tert-OH is 1. The summed E-state index contributed by atoms with van der Waals surface area (Å²) in [4.78, 5) is 72.3. The van der Waals surface area contributed by atoms with Crippen molar-refractivity contribution in [2.75, 3.05) is 39.6 Å². The first-order chi connectivity index (χ1) is 43.2. The number of esters is 4. The van der Waals surface area contributed by atoms with Crippen molar-refractivity contribution >= 4 is 39.5 Å². The monoisotopic (exact) mass is 1310 g/mol. The molecule has 0 aromatic rings. The first kappa shape index (κ1) is 86.5. The Morgan fingerprint density at radius 3 is 0.820 bits per heavy atom. The number of rotatable bonds is 69. The van der Waals surface area contributed by atoms with Gasteiger partial charge in [0.2, 0.25) is 0 Å². The standard InChI is InChI=1S/C70H132O17P2/c1-5-9-13-17-21-24-26-28-30-31-32-34-36-38-41-45-49-53-57-70(75)87-66(61-81-68(73)55-51-47-43-40-37-35-33-29-27-25-22-18-14-10-6-2)63-85-89(78,79)83-59-64(71)58-82-88(76,77)84-62-65(60-80-67(72)54-50-46-42-20-16-12-8-4)86-69(74)56-52-48-44-39-23-19-15-11-7-3/h25,27,29,33,64-66,71H,5-24,26,28,30-32,34-63H2,1-4H3,(H,76,77)(H,78,79)/b27-25-,33-29-/t64-,65+,66+/m0/s1. The molecule has 19 heteroatoms. The van der Waals surface area contributed by atoms with Crippen LogP contribution in [0.5, 0.6) is 0 Å². The predicted octanol–water partition coefficient (Wildman–Crippen LogP) is 19.8. The molecule has 0 aliphatic rings. The maximum absolute atomic E-state index is 13.0. The minimum Gasteiger partial charge on any atom is -0.462 e. The molecule has 0 saturated heterocycles. The van der Waals surface area contributed by atoms with E-state index in [1.54, 1.807) is 0 Å². The van der Waals surface area contributed by atoms with Gasteiger partial charge in [0.25, 0.3) is 0 Å². The fourth-order valence-electron chi connectivity index (χ4n) is 10.2. The minimum atomic E-state index is -4.96. The highest BCUT2D eigenvalue weighted by atomic mass is 31.2. The van der Waals surface area contributed by atoms with E-state index in [0.717, 1.165) is 122 Å². The predicted molar refractivity (Wildman–Crippen MR) is 358 cm³/mol. The van der Waals surface area contributed by atoms with Crippen LogP contribution in [0, 0.1) is 0 Å². The van der Waals surface area contributed by atoms with Crippen LogP contribution in [0.4, 0.5) is 0 Å². The summed E-state index contributed by atoms with van der Waals surface area (Å²) in [6, 6.07) is 0. The van der Waals surface area contributed by atoms with Crippen LogP contribution in [0.25, 0.3) is 0 Å². The molecule has 0 saturated carbocycles. The lowest BCUT2D eigenvalue weighted by molar-refractivity contribution is -0.161. The molecule has 0 bridgehead atoms. The van der Waals surface area contributed by atoms with Crippen molar-refractivity contribution < 1.29 is 80.2 Å². The van der Waals surface area contributed by atoms with Crippen molar-refractivity contribution in [3.8, 4) is 0 Å². The van der Waals surface area contributed by atoms with Gasteiger partial charge >= 0.3 is 39.5 Å². The number of allylic oxidation sites excluding steroid dienone is 4. The largest absolute Gasteiger partial charge is 0.472 e. The Morgan fingerprint density at radius 1 is 0.315 bits per heavy atom. The second-order valence-electron chi connectivity index (χ2n) is 24.6. The molecule has 0 fully saturated rings. The molecule has 0 aliphatic carbocycles. The zero-order chi connectivity index (χ0) is 65.4. The summed E-state index contributed by atoms with van der Waals surface area (Å²) in [6.45, 7) is 4.82. The number of hydrogen-bond donors (Lipinski definition) is 3. The van der Waals surface area contributed by atoms with Gasteiger partial charge in [-0.05, 0) is 51.4 Å². The van der Waals surface area contributed by atoms with Crippen LogP contribution < -0.4 is 0 Å². The molecule has 524 valence electrons. The first-order valence-corrected chi connectivity index (χ1v) is 39.1. The Bertz CT molecular complexity index is 1800. The van der Waals surface area contributed by atoms with Crippen molar-refractivity contribution in [2.24, 2.45) is 0 Å². The molecule has 3 N–H and O–H groups in total. The first-order valence-electron chi connectivity index (χ1n) is 36.1. The molecule has 0 aromatic carbocycles. The Labute approximate surface area is 542 Å². The summed E-state index contributed by atoms with van der Waals surface area (Å²) in [6.07, 6.45) is 55.1. The number of carbonyl (C=O) groups excluding carboxylic acids is 4. The van der Waals surface area contributed by atoms with Crippen molar-refractivity contribution in [3.05, 3.63) is 24.3 Å². The van der Waals surface area contributed by atoms with Gasteiger partial charge in [0.1, 0.15) is 19.3 Å². The molecule has 5 atom stereocenters. The van der Waals surface area contributed by atoms with Gasteiger partial charge in [-0.3, -0.25) is 37.3 Å². The Balaban J connectivity index is 5.21. The van der Waals surface area contributed by atoms with Crippen LogP contribution in [-0.2, 0) is 65.4 Å². The highest BCUT2D eigenvalue weighted by Gasteiger charge is 2.30. The summed E-state index contributed by atoms with van der Waals surface area (Å²) in [5.41, 5.74) is 0. The zero-order valence-corrected chi connectivity index (χ0v) is 58.7. The third-order valence-electron chi connectivity index (χ3n) is 15.7. The van der Waals surface area contributed by atoms with E-state index in [1.807, 2.05) is 0 Å². The van der Waals surface area contributed by atoms with Gasteiger partial charge in [-0.25, -0.2) is 9.13 Å². The van der Waals surface area contributed by atoms with E-state index in [0.29, 0.717) is 25.7 Å². The topological polar surface area (TPSA) is 237 Å². The number of unbranched alkanes of at least 4 members (excludes halogenated alkanes) is 40. The average Bonchev–Trinajstić information content (AvgIpc) is 3.66. The number of phosphoric ester groups is 2. The fourth-order valence-corrected chi connectivity index (χ4v) is 11.7. The maximum Gasteiger partial charge on any atom is 0.472 e. The lowest BCUT2D eigenvalue weighted by Crippen LogP contribution is -2.30. The smallest absolute Gasteiger partial charge is 0.462 e. The van der Waals surface area contributed by atoms with E-state index in [1.165, 1.54) is 141 Å². The molecule has 0 amide bonds. The number of carbonyl (C=O) groups is 4. The van der Waals surface area contributed by atoms with Crippen molar-refractivity contribution in [3.63, 3.8) is 0 Å². The highest BCUT2D eigenvalue weighted by Crippen LogP contribution is 2.45. The molecule has 17 nitrogen and oxygen atoms in total. The third-order valence-corrected chi connectivity index (χ3v) is 17.6. The number of phosphoric acid groups is 2. The molecule has 0 aliphatic heterocycles. The molecular formula is C70H132O17P2. The molecular weight excluding hydrogens is 1170 g/mol. The van der Waals surface area contributed by atoms with Crippen LogP contribution >= 0.6 is 15.6 Å². The summed E-state index contributed by atoms with van der Waals surface area (Å²) < 4.78 is 68.1. The van der Waals surface area contributed by atoms with Gasteiger partial charge < -0.3 is 33.8 Å². The van der Waals surface area contributed by atoms with E-state index in [-0.39, 0.29) is 25.7 Å².